The minimum Gasteiger partial charge on any atom is -0.423 e. The van der Waals surface area contributed by atoms with Crippen LogP contribution in [-0.2, 0) is 6.54 Å². The molecule has 0 spiro atoms. The van der Waals surface area contributed by atoms with Gasteiger partial charge in [0.05, 0.1) is 5.56 Å². The molecule has 0 amide bonds. The van der Waals surface area contributed by atoms with Crippen molar-refractivity contribution in [2.75, 3.05) is 0 Å². The van der Waals surface area contributed by atoms with Gasteiger partial charge in [-0.05, 0) is 42.0 Å². The lowest BCUT2D eigenvalue weighted by Gasteiger charge is -2.04. The summed E-state index contributed by atoms with van der Waals surface area (Å²) in [6.07, 6.45) is 0. The molecule has 0 atom stereocenters. The fourth-order valence-electron chi connectivity index (χ4n) is 1.45. The number of ether oxygens (including phenoxy) is 1. The summed E-state index contributed by atoms with van der Waals surface area (Å²) in [5, 5.41) is 0. The number of rotatable bonds is 3. The van der Waals surface area contributed by atoms with E-state index in [2.05, 4.69) is 0 Å². The van der Waals surface area contributed by atoms with E-state index in [1.807, 2.05) is 0 Å². The van der Waals surface area contributed by atoms with Crippen LogP contribution in [0.3, 0.4) is 0 Å². The standard InChI is InChI=1S/C14H12FNO2/c15-12-5-7-13(8-6-12)18-14(17)11-3-1-10(9-16)2-4-11/h1-8H,9,16H2. The highest BCUT2D eigenvalue weighted by atomic mass is 19.1. The van der Waals surface area contributed by atoms with Gasteiger partial charge < -0.3 is 10.5 Å². The number of benzene rings is 2. The number of halogens is 1. The molecule has 2 aromatic carbocycles. The lowest BCUT2D eigenvalue weighted by molar-refractivity contribution is 0.0734. The van der Waals surface area contributed by atoms with Crippen molar-refractivity contribution in [3.05, 3.63) is 65.5 Å². The minimum absolute atomic E-state index is 0.310. The van der Waals surface area contributed by atoms with Crippen LogP contribution in [0.2, 0.25) is 0 Å². The summed E-state index contributed by atoms with van der Waals surface area (Å²) < 4.78 is 17.8. The van der Waals surface area contributed by atoms with Crippen LogP contribution >= 0.6 is 0 Å². The van der Waals surface area contributed by atoms with E-state index in [1.165, 1.54) is 24.3 Å². The Bertz CT molecular complexity index is 535. The van der Waals surface area contributed by atoms with Crippen molar-refractivity contribution in [1.82, 2.24) is 0 Å². The molecule has 0 heterocycles. The van der Waals surface area contributed by atoms with Gasteiger partial charge in [0.15, 0.2) is 0 Å². The molecule has 2 aromatic rings. The average molecular weight is 245 g/mol. The second-order valence-corrected chi connectivity index (χ2v) is 3.74. The smallest absolute Gasteiger partial charge is 0.343 e. The van der Waals surface area contributed by atoms with Gasteiger partial charge in [0, 0.05) is 6.54 Å². The van der Waals surface area contributed by atoms with Crippen LogP contribution in [0.4, 0.5) is 4.39 Å². The fraction of sp³-hybridized carbons (Fsp3) is 0.0714. The zero-order valence-corrected chi connectivity index (χ0v) is 9.60. The van der Waals surface area contributed by atoms with Crippen molar-refractivity contribution in [2.45, 2.75) is 6.54 Å². The van der Waals surface area contributed by atoms with Gasteiger partial charge in [0.25, 0.3) is 0 Å². The molecule has 18 heavy (non-hydrogen) atoms. The molecule has 2 rings (SSSR count). The van der Waals surface area contributed by atoms with Crippen LogP contribution < -0.4 is 10.5 Å². The normalized spacial score (nSPS) is 10.1. The Morgan fingerprint density at radius 1 is 1.06 bits per heavy atom. The average Bonchev–Trinajstić information content (AvgIpc) is 2.41. The monoisotopic (exact) mass is 245 g/mol. The van der Waals surface area contributed by atoms with Crippen LogP contribution in [0.25, 0.3) is 0 Å². The first-order valence-corrected chi connectivity index (χ1v) is 5.46. The molecule has 0 aliphatic carbocycles. The topological polar surface area (TPSA) is 52.3 Å². The molecule has 0 unspecified atom stereocenters. The number of hydrogen-bond donors (Lipinski definition) is 1. The lowest BCUT2D eigenvalue weighted by Crippen LogP contribution is -2.08. The largest absolute Gasteiger partial charge is 0.423 e. The van der Waals surface area contributed by atoms with Gasteiger partial charge in [0.1, 0.15) is 11.6 Å². The van der Waals surface area contributed by atoms with Gasteiger partial charge in [-0.3, -0.25) is 0 Å². The first-order chi connectivity index (χ1) is 8.69. The summed E-state index contributed by atoms with van der Waals surface area (Å²) in [6, 6.07) is 12.1. The van der Waals surface area contributed by atoms with Crippen LogP contribution in [0.15, 0.2) is 48.5 Å². The maximum absolute atomic E-state index is 12.7. The third kappa shape index (κ3) is 2.93. The molecule has 0 saturated carbocycles. The van der Waals surface area contributed by atoms with Crippen LogP contribution in [0.5, 0.6) is 5.75 Å². The Labute approximate surface area is 104 Å². The van der Waals surface area contributed by atoms with Gasteiger partial charge in [-0.25, -0.2) is 9.18 Å². The van der Waals surface area contributed by atoms with E-state index in [4.69, 9.17) is 10.5 Å². The number of hydrogen-bond acceptors (Lipinski definition) is 3. The second-order valence-electron chi connectivity index (χ2n) is 3.74. The van der Waals surface area contributed by atoms with Crippen molar-refractivity contribution in [1.29, 1.82) is 0 Å². The Kier molecular flexibility index (Phi) is 3.69. The molecular weight excluding hydrogens is 233 g/mol. The van der Waals surface area contributed by atoms with Gasteiger partial charge in [-0.1, -0.05) is 12.1 Å². The molecule has 4 heteroatoms. The van der Waals surface area contributed by atoms with Crippen LogP contribution in [0.1, 0.15) is 15.9 Å². The molecule has 0 bridgehead atoms. The summed E-state index contributed by atoms with van der Waals surface area (Å²) in [5.41, 5.74) is 6.83. The second kappa shape index (κ2) is 5.42. The number of carbonyl (C=O) groups is 1. The van der Waals surface area contributed by atoms with E-state index in [0.29, 0.717) is 17.9 Å². The summed E-state index contributed by atoms with van der Waals surface area (Å²) in [5.74, 6) is -0.545. The maximum Gasteiger partial charge on any atom is 0.343 e. The lowest BCUT2D eigenvalue weighted by atomic mass is 10.1. The van der Waals surface area contributed by atoms with Gasteiger partial charge >= 0.3 is 5.97 Å². The van der Waals surface area contributed by atoms with Gasteiger partial charge in [0.2, 0.25) is 0 Å². The van der Waals surface area contributed by atoms with Gasteiger partial charge in [-0.15, -0.1) is 0 Å². The summed E-state index contributed by atoms with van der Waals surface area (Å²) >= 11 is 0. The predicted octanol–water partition coefficient (Wildman–Crippen LogP) is 2.50. The number of esters is 1. The maximum atomic E-state index is 12.7. The molecule has 0 aliphatic heterocycles. The van der Waals surface area contributed by atoms with Crippen molar-refractivity contribution in [3.8, 4) is 5.75 Å². The van der Waals surface area contributed by atoms with E-state index < -0.39 is 5.97 Å². The highest BCUT2D eigenvalue weighted by Gasteiger charge is 2.08. The molecule has 92 valence electrons. The third-order valence-electron chi connectivity index (χ3n) is 2.45. The van der Waals surface area contributed by atoms with Gasteiger partial charge in [-0.2, -0.15) is 0 Å². The molecule has 2 N–H and O–H groups in total. The van der Waals surface area contributed by atoms with Crippen LogP contribution in [0, 0.1) is 5.82 Å². The zero-order valence-electron chi connectivity index (χ0n) is 9.60. The fourth-order valence-corrected chi connectivity index (χ4v) is 1.45. The molecule has 0 fully saturated rings. The van der Waals surface area contributed by atoms with E-state index in [-0.39, 0.29) is 5.82 Å². The summed E-state index contributed by atoms with van der Waals surface area (Å²) in [4.78, 5) is 11.8. The Morgan fingerprint density at radius 3 is 2.22 bits per heavy atom. The van der Waals surface area contributed by atoms with E-state index in [1.54, 1.807) is 24.3 Å². The summed E-state index contributed by atoms with van der Waals surface area (Å²) in [7, 11) is 0. The predicted molar refractivity (Wildman–Crippen MR) is 65.7 cm³/mol. The van der Waals surface area contributed by atoms with E-state index in [9.17, 15) is 9.18 Å². The van der Waals surface area contributed by atoms with Crippen molar-refractivity contribution < 1.29 is 13.9 Å². The molecule has 3 nitrogen and oxygen atoms in total. The highest BCUT2D eigenvalue weighted by Crippen LogP contribution is 2.14. The van der Waals surface area contributed by atoms with Crippen molar-refractivity contribution in [3.63, 3.8) is 0 Å². The number of nitrogens with two attached hydrogens (primary N) is 1. The Morgan fingerprint density at radius 2 is 1.67 bits per heavy atom. The Balaban J connectivity index is 2.09. The summed E-state index contributed by atoms with van der Waals surface area (Å²) in [6.45, 7) is 0.424. The first-order valence-electron chi connectivity index (χ1n) is 5.46. The SMILES string of the molecule is NCc1ccc(C(=O)Oc2ccc(F)cc2)cc1. The minimum atomic E-state index is -0.481. The molecular formula is C14H12FNO2. The zero-order chi connectivity index (χ0) is 13.0. The molecule has 0 saturated heterocycles. The van der Waals surface area contributed by atoms with E-state index >= 15 is 0 Å². The first kappa shape index (κ1) is 12.3. The number of carbonyl (C=O) groups excluding carboxylic acids is 1. The third-order valence-corrected chi connectivity index (χ3v) is 2.45. The van der Waals surface area contributed by atoms with Crippen LogP contribution in [-0.4, -0.2) is 5.97 Å². The van der Waals surface area contributed by atoms with Crippen molar-refractivity contribution >= 4 is 5.97 Å². The van der Waals surface area contributed by atoms with Crippen molar-refractivity contribution in [2.24, 2.45) is 5.73 Å². The highest BCUT2D eigenvalue weighted by molar-refractivity contribution is 5.91. The quantitative estimate of drug-likeness (QED) is 0.667. The molecule has 0 aromatic heterocycles. The van der Waals surface area contributed by atoms with E-state index in [0.717, 1.165) is 5.56 Å². The molecule has 0 radical (unpaired) electrons. The molecule has 0 aliphatic rings. The Hall–Kier alpha value is -2.20.